The number of ether oxygens (including phenoxy) is 2. The summed E-state index contributed by atoms with van der Waals surface area (Å²) in [5.74, 6) is -0.944. The highest BCUT2D eigenvalue weighted by Gasteiger charge is 2.55. The Morgan fingerprint density at radius 2 is 1.64 bits per heavy atom. The fourth-order valence-electron chi connectivity index (χ4n) is 5.80. The van der Waals surface area contributed by atoms with Crippen LogP contribution in [0.3, 0.4) is 0 Å². The molecule has 2 aromatic carbocycles. The molecule has 6 rings (SSSR count). The molecule has 242 valence electrons. The molecule has 3 aliphatic rings. The Hall–Kier alpha value is -4.90. The molecule has 0 bridgehead atoms. The lowest BCUT2D eigenvalue weighted by Gasteiger charge is -2.49. The largest absolute Gasteiger partial charge is 0.448 e. The van der Waals surface area contributed by atoms with Crippen LogP contribution in [0.5, 0.6) is 0 Å². The number of likely N-dealkylation sites (tertiary alicyclic amines) is 1. The van der Waals surface area contributed by atoms with E-state index in [1.54, 1.807) is 44.1 Å². The number of pyridine rings is 1. The molecule has 4 heterocycles. The summed E-state index contributed by atoms with van der Waals surface area (Å²) in [5, 5.41) is 2.12. The first-order valence-electron chi connectivity index (χ1n) is 15.5. The molecule has 3 aliphatic heterocycles. The molecule has 1 N–H and O–H groups in total. The maximum atomic E-state index is 14.3. The summed E-state index contributed by atoms with van der Waals surface area (Å²) in [6.07, 6.45) is 4.16. The van der Waals surface area contributed by atoms with Crippen molar-refractivity contribution in [3.8, 4) is 0 Å². The number of rotatable bonds is 8. The fraction of sp³-hybridized carbons (Fsp3) is 0.306. The van der Waals surface area contributed by atoms with Gasteiger partial charge < -0.3 is 19.7 Å². The number of benzene rings is 2. The van der Waals surface area contributed by atoms with E-state index < -0.39 is 41.1 Å². The van der Waals surface area contributed by atoms with Crippen LogP contribution in [0, 0.1) is 0 Å². The average molecular weight is 653 g/mol. The van der Waals surface area contributed by atoms with Crippen LogP contribution in [0.4, 0.5) is 4.79 Å². The van der Waals surface area contributed by atoms with Crippen LogP contribution in [-0.2, 0) is 30.4 Å². The Kier molecular flexibility index (Phi) is 9.17. The second kappa shape index (κ2) is 13.4. The molecule has 0 spiro atoms. The number of amides is 3. The number of allylic oxidation sites excluding steroid dienone is 1. The van der Waals surface area contributed by atoms with E-state index in [9.17, 15) is 19.2 Å². The third-order valence-corrected chi connectivity index (χ3v) is 9.28. The maximum Gasteiger partial charge on any atom is 0.408 e. The van der Waals surface area contributed by atoms with Gasteiger partial charge in [0.1, 0.15) is 22.7 Å². The van der Waals surface area contributed by atoms with E-state index in [1.807, 2.05) is 72.8 Å². The number of carbonyl (C=O) groups is 4. The molecule has 2 saturated heterocycles. The highest BCUT2D eigenvalue weighted by Crippen LogP contribution is 2.42. The predicted octanol–water partition coefficient (Wildman–Crippen LogP) is 5.14. The van der Waals surface area contributed by atoms with E-state index in [0.717, 1.165) is 16.7 Å². The molecule has 0 aliphatic carbocycles. The lowest BCUT2D eigenvalue weighted by molar-refractivity contribution is -0.153. The van der Waals surface area contributed by atoms with Crippen LogP contribution in [-0.4, -0.2) is 68.0 Å². The second-order valence-electron chi connectivity index (χ2n) is 12.5. The Morgan fingerprint density at radius 1 is 1.00 bits per heavy atom. The van der Waals surface area contributed by atoms with Crippen LogP contribution in [0.15, 0.2) is 108 Å². The molecule has 2 atom stereocenters. The summed E-state index contributed by atoms with van der Waals surface area (Å²) in [6, 6.07) is 21.6. The SMILES string of the molecule is CC(C)(C)OC(=O)N[C@@H]1C(=O)N2C(C(=O)OC(c3ccccc3)c3ccccc3)=C(/C=C3\CCN(Cc4ccncc4)C3=O)CS[C@H]12. The van der Waals surface area contributed by atoms with Crippen molar-refractivity contribution < 1.29 is 28.7 Å². The van der Waals surface area contributed by atoms with Crippen molar-refractivity contribution in [2.45, 2.75) is 56.9 Å². The minimum atomic E-state index is -0.880. The number of thioether (sulfide) groups is 1. The highest BCUT2D eigenvalue weighted by molar-refractivity contribution is 8.00. The van der Waals surface area contributed by atoms with Crippen LogP contribution >= 0.6 is 11.8 Å². The lowest BCUT2D eigenvalue weighted by Crippen LogP contribution is -2.70. The molecule has 3 aromatic rings. The molecule has 2 fully saturated rings. The van der Waals surface area contributed by atoms with Gasteiger partial charge in [-0.15, -0.1) is 11.8 Å². The van der Waals surface area contributed by atoms with Gasteiger partial charge in [0.15, 0.2) is 6.10 Å². The number of fused-ring (bicyclic) bond motifs is 1. The van der Waals surface area contributed by atoms with Crippen molar-refractivity contribution in [2.75, 3.05) is 12.3 Å². The van der Waals surface area contributed by atoms with E-state index in [0.29, 0.717) is 36.4 Å². The minimum absolute atomic E-state index is 0.0748. The first-order chi connectivity index (χ1) is 22.6. The number of nitrogens with zero attached hydrogens (tertiary/aromatic N) is 3. The van der Waals surface area contributed by atoms with Gasteiger partial charge in [-0.2, -0.15) is 0 Å². The zero-order chi connectivity index (χ0) is 33.1. The molecule has 0 radical (unpaired) electrons. The fourth-order valence-corrected chi connectivity index (χ4v) is 7.10. The number of nitrogens with one attached hydrogen (secondary N) is 1. The standard InChI is InChI=1S/C36H36N4O6S/c1-36(2,3)46-35(44)38-28-32(42)40-29(34(43)45-30(24-10-6-4-7-11-24)25-12-8-5-9-13-25)27(22-47-33(28)40)20-26-16-19-39(31(26)41)21-23-14-17-37-18-15-23/h4-15,17-18,20,28,30,33H,16,19,21-22H2,1-3H3,(H,38,44)/b26-20+/t28-,33-/m1/s1. The molecule has 11 heteroatoms. The Morgan fingerprint density at radius 3 is 2.26 bits per heavy atom. The minimum Gasteiger partial charge on any atom is -0.448 e. The summed E-state index contributed by atoms with van der Waals surface area (Å²) in [4.78, 5) is 61.1. The number of hydrogen-bond donors (Lipinski definition) is 1. The van der Waals surface area contributed by atoms with E-state index in [4.69, 9.17) is 9.47 Å². The normalized spacial score (nSPS) is 20.3. The summed E-state index contributed by atoms with van der Waals surface area (Å²) < 4.78 is 11.6. The Bertz CT molecular complexity index is 1680. The second-order valence-corrected chi connectivity index (χ2v) is 13.6. The van der Waals surface area contributed by atoms with E-state index in [-0.39, 0.29) is 11.6 Å². The quantitative estimate of drug-likeness (QED) is 0.202. The molecule has 0 saturated carbocycles. The molecule has 3 amide bonds. The van der Waals surface area contributed by atoms with Crippen LogP contribution in [0.1, 0.15) is 50.0 Å². The Labute approximate surface area is 277 Å². The highest BCUT2D eigenvalue weighted by atomic mass is 32.2. The van der Waals surface area contributed by atoms with E-state index >= 15 is 0 Å². The van der Waals surface area contributed by atoms with Gasteiger partial charge in [-0.1, -0.05) is 60.7 Å². The maximum absolute atomic E-state index is 14.3. The van der Waals surface area contributed by atoms with Crippen molar-refractivity contribution in [2.24, 2.45) is 0 Å². The van der Waals surface area contributed by atoms with Crippen LogP contribution in [0.25, 0.3) is 0 Å². The van der Waals surface area contributed by atoms with Crippen molar-refractivity contribution >= 4 is 35.6 Å². The summed E-state index contributed by atoms with van der Waals surface area (Å²) in [5.41, 5.74) is 2.92. The van der Waals surface area contributed by atoms with Gasteiger partial charge in [-0.3, -0.25) is 19.5 Å². The third kappa shape index (κ3) is 7.10. The van der Waals surface area contributed by atoms with Gasteiger partial charge in [-0.05, 0) is 67.7 Å². The van der Waals surface area contributed by atoms with Gasteiger partial charge >= 0.3 is 12.1 Å². The number of aromatic nitrogens is 1. The van der Waals surface area contributed by atoms with Crippen LogP contribution in [0.2, 0.25) is 0 Å². The first-order valence-corrected chi connectivity index (χ1v) is 16.5. The first kappa shape index (κ1) is 32.1. The summed E-state index contributed by atoms with van der Waals surface area (Å²) >= 11 is 1.41. The number of alkyl carbamates (subject to hydrolysis) is 1. The average Bonchev–Trinajstić information content (AvgIpc) is 3.40. The van der Waals surface area contributed by atoms with Gasteiger partial charge in [0, 0.05) is 36.8 Å². The zero-order valence-corrected chi connectivity index (χ0v) is 27.2. The molecular weight excluding hydrogens is 616 g/mol. The van der Waals surface area contributed by atoms with Gasteiger partial charge in [0.2, 0.25) is 5.91 Å². The van der Waals surface area contributed by atoms with Gasteiger partial charge in [0.25, 0.3) is 5.91 Å². The van der Waals surface area contributed by atoms with E-state index in [2.05, 4.69) is 10.3 Å². The van der Waals surface area contributed by atoms with Crippen molar-refractivity contribution in [1.82, 2.24) is 20.1 Å². The number of esters is 1. The Balaban J connectivity index is 1.32. The lowest BCUT2D eigenvalue weighted by atomic mass is 10.00. The third-order valence-electron chi connectivity index (χ3n) is 7.98. The van der Waals surface area contributed by atoms with Gasteiger partial charge in [0.05, 0.1) is 0 Å². The van der Waals surface area contributed by atoms with Gasteiger partial charge in [-0.25, -0.2) is 9.59 Å². The predicted molar refractivity (Wildman–Crippen MR) is 176 cm³/mol. The summed E-state index contributed by atoms with van der Waals surface area (Å²) in [6.45, 7) is 6.20. The molecule has 0 unspecified atom stereocenters. The topological polar surface area (TPSA) is 118 Å². The monoisotopic (exact) mass is 652 g/mol. The van der Waals surface area contributed by atoms with Crippen molar-refractivity contribution in [3.63, 3.8) is 0 Å². The summed E-state index contributed by atoms with van der Waals surface area (Å²) in [7, 11) is 0. The zero-order valence-electron chi connectivity index (χ0n) is 26.4. The van der Waals surface area contributed by atoms with Crippen molar-refractivity contribution in [1.29, 1.82) is 0 Å². The smallest absolute Gasteiger partial charge is 0.408 e. The van der Waals surface area contributed by atoms with E-state index in [1.165, 1.54) is 16.7 Å². The van der Waals surface area contributed by atoms with Crippen LogP contribution < -0.4 is 5.32 Å². The molecule has 10 nitrogen and oxygen atoms in total. The number of β-lactam (4-membered cyclic amide) rings is 1. The molecule has 1 aromatic heterocycles. The van der Waals surface area contributed by atoms with Crippen molar-refractivity contribution in [3.05, 3.63) is 125 Å². The number of hydrogen-bond acceptors (Lipinski definition) is 8. The molecular formula is C36H36N4O6S. The number of carbonyl (C=O) groups excluding carboxylic acids is 4. The molecule has 47 heavy (non-hydrogen) atoms.